The zero-order valence-electron chi connectivity index (χ0n) is 18.1. The highest BCUT2D eigenvalue weighted by molar-refractivity contribution is 5.56. The van der Waals surface area contributed by atoms with Gasteiger partial charge in [-0.2, -0.15) is 10.1 Å². The molecule has 32 heavy (non-hydrogen) atoms. The average Bonchev–Trinajstić information content (AvgIpc) is 3.31. The van der Waals surface area contributed by atoms with Crippen molar-refractivity contribution < 1.29 is 9.26 Å². The van der Waals surface area contributed by atoms with Gasteiger partial charge in [-0.3, -0.25) is 14.7 Å². The van der Waals surface area contributed by atoms with Crippen molar-refractivity contribution in [1.82, 2.24) is 29.8 Å². The van der Waals surface area contributed by atoms with Crippen LogP contribution in [-0.2, 0) is 17.8 Å². The molecule has 2 aliphatic heterocycles. The molecule has 2 saturated heterocycles. The number of ether oxygens (including phenoxy) is 1. The van der Waals surface area contributed by atoms with Gasteiger partial charge in [0.05, 0.1) is 12.2 Å². The third kappa shape index (κ3) is 4.94. The number of aromatic nitrogens is 5. The Hall–Kier alpha value is -2.91. The van der Waals surface area contributed by atoms with Gasteiger partial charge in [-0.05, 0) is 62.9 Å². The predicted octanol–water partition coefficient (Wildman–Crippen LogP) is 2.49. The van der Waals surface area contributed by atoms with Crippen LogP contribution >= 0.6 is 0 Å². The van der Waals surface area contributed by atoms with Crippen molar-refractivity contribution in [2.45, 2.75) is 44.7 Å². The fraction of sp³-hybridized carbons (Fsp3) is 0.522. The smallest absolute Gasteiger partial charge is 0.266 e. The summed E-state index contributed by atoms with van der Waals surface area (Å²) < 4.78 is 12.5. The molecule has 0 unspecified atom stereocenters. The SMILES string of the molecule is O=c1ccc(-c2ccncc2)nn1CC1CCN(Cc2noc(C3CCOCC3)n2)CC1. The van der Waals surface area contributed by atoms with Crippen LogP contribution in [0.5, 0.6) is 0 Å². The van der Waals surface area contributed by atoms with Crippen LogP contribution in [0, 0.1) is 5.92 Å². The molecule has 0 N–H and O–H groups in total. The Kier molecular flexibility index (Phi) is 6.36. The van der Waals surface area contributed by atoms with Gasteiger partial charge in [-0.25, -0.2) is 4.68 Å². The summed E-state index contributed by atoms with van der Waals surface area (Å²) in [4.78, 5) is 23.4. The first kappa shape index (κ1) is 21.0. The van der Waals surface area contributed by atoms with Gasteiger partial charge in [0.1, 0.15) is 0 Å². The van der Waals surface area contributed by atoms with E-state index < -0.39 is 0 Å². The molecule has 0 bridgehead atoms. The van der Waals surface area contributed by atoms with Gasteiger partial charge in [-0.1, -0.05) is 5.16 Å². The molecular weight excluding hydrogens is 408 g/mol. The summed E-state index contributed by atoms with van der Waals surface area (Å²) in [6.45, 7) is 4.77. The Morgan fingerprint density at radius 2 is 1.78 bits per heavy atom. The lowest BCUT2D eigenvalue weighted by molar-refractivity contribution is 0.0778. The first-order chi connectivity index (χ1) is 15.7. The van der Waals surface area contributed by atoms with Crippen molar-refractivity contribution in [3.63, 3.8) is 0 Å². The highest BCUT2D eigenvalue weighted by atomic mass is 16.5. The van der Waals surface area contributed by atoms with Crippen LogP contribution in [0.25, 0.3) is 11.3 Å². The second kappa shape index (κ2) is 9.70. The number of likely N-dealkylation sites (tertiary alicyclic amines) is 1. The highest BCUT2D eigenvalue weighted by Gasteiger charge is 2.24. The maximum atomic E-state index is 12.4. The first-order valence-electron chi connectivity index (χ1n) is 11.4. The minimum Gasteiger partial charge on any atom is -0.381 e. The van der Waals surface area contributed by atoms with Crippen molar-refractivity contribution >= 4 is 0 Å². The summed E-state index contributed by atoms with van der Waals surface area (Å²) >= 11 is 0. The Morgan fingerprint density at radius 1 is 1.00 bits per heavy atom. The van der Waals surface area contributed by atoms with Gasteiger partial charge in [0.2, 0.25) is 5.89 Å². The van der Waals surface area contributed by atoms with E-state index >= 15 is 0 Å². The summed E-state index contributed by atoms with van der Waals surface area (Å²) in [5.41, 5.74) is 1.70. The van der Waals surface area contributed by atoms with Crippen molar-refractivity contribution in [1.29, 1.82) is 0 Å². The average molecular weight is 437 g/mol. The van der Waals surface area contributed by atoms with E-state index in [1.807, 2.05) is 12.1 Å². The van der Waals surface area contributed by atoms with E-state index in [4.69, 9.17) is 9.26 Å². The van der Waals surface area contributed by atoms with Gasteiger partial charge >= 0.3 is 0 Å². The largest absolute Gasteiger partial charge is 0.381 e. The van der Waals surface area contributed by atoms with Gasteiger partial charge in [-0.15, -0.1) is 0 Å². The van der Waals surface area contributed by atoms with Crippen LogP contribution in [0.3, 0.4) is 0 Å². The van der Waals surface area contributed by atoms with Crippen LogP contribution in [0.4, 0.5) is 0 Å². The maximum absolute atomic E-state index is 12.4. The quantitative estimate of drug-likeness (QED) is 0.581. The van der Waals surface area contributed by atoms with Crippen molar-refractivity contribution in [2.75, 3.05) is 26.3 Å². The minimum atomic E-state index is -0.0577. The minimum absolute atomic E-state index is 0.0577. The normalized spacial score (nSPS) is 18.8. The van der Waals surface area contributed by atoms with Crippen LogP contribution in [0.15, 0.2) is 46.0 Å². The lowest BCUT2D eigenvalue weighted by Gasteiger charge is -2.31. The fourth-order valence-electron chi connectivity index (χ4n) is 4.47. The van der Waals surface area contributed by atoms with E-state index in [1.165, 1.54) is 0 Å². The Morgan fingerprint density at radius 3 is 2.56 bits per heavy atom. The van der Waals surface area contributed by atoms with E-state index in [2.05, 4.69) is 25.1 Å². The van der Waals surface area contributed by atoms with E-state index in [-0.39, 0.29) is 5.56 Å². The van der Waals surface area contributed by atoms with E-state index in [0.717, 1.165) is 75.0 Å². The third-order valence-corrected chi connectivity index (χ3v) is 6.40. The van der Waals surface area contributed by atoms with Gasteiger partial charge in [0.15, 0.2) is 5.82 Å². The first-order valence-corrected chi connectivity index (χ1v) is 11.4. The van der Waals surface area contributed by atoms with Gasteiger partial charge in [0, 0.05) is 49.7 Å². The summed E-state index contributed by atoms with van der Waals surface area (Å²) in [6.07, 6.45) is 7.39. The molecule has 0 amide bonds. The van der Waals surface area contributed by atoms with Crippen molar-refractivity contribution in [3.05, 3.63) is 58.7 Å². The molecule has 3 aromatic heterocycles. The Labute approximate surface area is 186 Å². The predicted molar refractivity (Wildman–Crippen MR) is 117 cm³/mol. The molecule has 2 aliphatic rings. The van der Waals surface area contributed by atoms with Crippen LogP contribution in [-0.4, -0.2) is 56.1 Å². The number of piperidine rings is 1. The zero-order chi connectivity index (χ0) is 21.8. The number of hydrogen-bond acceptors (Lipinski definition) is 8. The molecule has 0 saturated carbocycles. The molecule has 2 fully saturated rings. The summed E-state index contributed by atoms with van der Waals surface area (Å²) in [5.74, 6) is 2.25. The molecule has 0 radical (unpaired) electrons. The number of rotatable bonds is 6. The Bertz CT molecular complexity index is 1070. The maximum Gasteiger partial charge on any atom is 0.266 e. The standard InChI is InChI=1S/C23H28N6O3/c30-22-2-1-20(18-3-9-24-10-4-18)26-29(22)15-17-5-11-28(12-6-17)16-21-25-23(32-27-21)19-7-13-31-14-8-19/h1-4,9-10,17,19H,5-8,11-16H2. The van der Waals surface area contributed by atoms with E-state index in [0.29, 0.717) is 24.9 Å². The fourth-order valence-corrected chi connectivity index (χ4v) is 4.47. The highest BCUT2D eigenvalue weighted by Crippen LogP contribution is 2.26. The molecule has 0 atom stereocenters. The van der Waals surface area contributed by atoms with Crippen LogP contribution in [0.1, 0.15) is 43.3 Å². The third-order valence-electron chi connectivity index (χ3n) is 6.40. The molecule has 5 rings (SSSR count). The molecule has 0 aliphatic carbocycles. The van der Waals surface area contributed by atoms with Gasteiger partial charge in [0.25, 0.3) is 5.56 Å². The molecule has 9 heteroatoms. The van der Waals surface area contributed by atoms with Crippen molar-refractivity contribution in [3.8, 4) is 11.3 Å². The summed E-state index contributed by atoms with van der Waals surface area (Å²) in [7, 11) is 0. The number of nitrogens with zero attached hydrogens (tertiary/aromatic N) is 6. The van der Waals surface area contributed by atoms with E-state index in [9.17, 15) is 4.79 Å². The number of hydrogen-bond donors (Lipinski definition) is 0. The molecule has 5 heterocycles. The topological polar surface area (TPSA) is 99.2 Å². The van der Waals surface area contributed by atoms with Crippen LogP contribution < -0.4 is 5.56 Å². The molecule has 3 aromatic rings. The number of pyridine rings is 1. The molecule has 0 aromatic carbocycles. The van der Waals surface area contributed by atoms with Crippen LogP contribution in [0.2, 0.25) is 0 Å². The molecule has 168 valence electrons. The lowest BCUT2D eigenvalue weighted by atomic mass is 9.97. The molecule has 0 spiro atoms. The van der Waals surface area contributed by atoms with Gasteiger partial charge < -0.3 is 9.26 Å². The summed E-state index contributed by atoms with van der Waals surface area (Å²) in [5, 5.41) is 8.79. The second-order valence-electron chi connectivity index (χ2n) is 8.63. The Balaban J connectivity index is 1.15. The lowest BCUT2D eigenvalue weighted by Crippen LogP contribution is -2.36. The molecular formula is C23H28N6O3. The monoisotopic (exact) mass is 436 g/mol. The molecule has 9 nitrogen and oxygen atoms in total. The second-order valence-corrected chi connectivity index (χ2v) is 8.63. The summed E-state index contributed by atoms with van der Waals surface area (Å²) in [6, 6.07) is 7.18. The van der Waals surface area contributed by atoms with Crippen molar-refractivity contribution in [2.24, 2.45) is 5.92 Å². The van der Waals surface area contributed by atoms with E-state index in [1.54, 1.807) is 29.2 Å². The zero-order valence-corrected chi connectivity index (χ0v) is 18.1.